The lowest BCUT2D eigenvalue weighted by molar-refractivity contribution is -0.113. The first kappa shape index (κ1) is 25.5. The van der Waals surface area contributed by atoms with Crippen LogP contribution in [0.25, 0.3) is 0 Å². The van der Waals surface area contributed by atoms with Crippen LogP contribution in [0.2, 0.25) is 5.02 Å². The Kier molecular flexibility index (Phi) is 8.35. The van der Waals surface area contributed by atoms with E-state index in [2.05, 4.69) is 15.5 Å². The van der Waals surface area contributed by atoms with Crippen molar-refractivity contribution in [2.24, 2.45) is 7.05 Å². The molecule has 0 spiro atoms. The monoisotopic (exact) mass is 534 g/mol. The van der Waals surface area contributed by atoms with Gasteiger partial charge in [0.15, 0.2) is 11.0 Å². The number of esters is 1. The number of anilines is 1. The minimum absolute atomic E-state index is 0.133. The number of ether oxygens (including phenoxy) is 2. The van der Waals surface area contributed by atoms with Crippen molar-refractivity contribution in [3.05, 3.63) is 50.6 Å². The van der Waals surface area contributed by atoms with Gasteiger partial charge in [0.25, 0.3) is 0 Å². The highest BCUT2D eigenvalue weighted by molar-refractivity contribution is 7.99. The number of nitrogens with one attached hydrogen (secondary N) is 1. The van der Waals surface area contributed by atoms with Crippen molar-refractivity contribution in [2.45, 2.75) is 51.3 Å². The van der Waals surface area contributed by atoms with Gasteiger partial charge in [0, 0.05) is 16.9 Å². The summed E-state index contributed by atoms with van der Waals surface area (Å²) >= 11 is 8.75. The molecule has 1 aromatic carbocycles. The fourth-order valence-corrected chi connectivity index (χ4v) is 6.13. The number of fused-ring (bicyclic) bond motifs is 1. The molecule has 1 N–H and O–H groups in total. The average Bonchev–Trinajstić information content (AvgIpc) is 3.36. The van der Waals surface area contributed by atoms with Gasteiger partial charge >= 0.3 is 5.97 Å². The summed E-state index contributed by atoms with van der Waals surface area (Å²) in [5, 5.41) is 13.1. The lowest BCUT2D eigenvalue weighted by atomic mass is 9.95. The van der Waals surface area contributed by atoms with Crippen LogP contribution in [0, 0.1) is 6.92 Å². The molecule has 1 aliphatic rings. The van der Waals surface area contributed by atoms with Gasteiger partial charge in [-0.1, -0.05) is 23.4 Å². The van der Waals surface area contributed by atoms with Gasteiger partial charge in [-0.25, -0.2) is 4.79 Å². The second-order valence-electron chi connectivity index (χ2n) is 8.13. The maximum Gasteiger partial charge on any atom is 0.341 e. The summed E-state index contributed by atoms with van der Waals surface area (Å²) < 4.78 is 12.9. The number of carbonyl (C=O) groups excluding carboxylic acids is 2. The topological polar surface area (TPSA) is 95.3 Å². The zero-order valence-electron chi connectivity index (χ0n) is 19.9. The number of thioether (sulfide) groups is 1. The highest BCUT2D eigenvalue weighted by Crippen LogP contribution is 2.38. The van der Waals surface area contributed by atoms with Gasteiger partial charge in [0.2, 0.25) is 5.91 Å². The lowest BCUT2D eigenvalue weighted by Gasteiger charge is -2.12. The zero-order chi connectivity index (χ0) is 24.9. The van der Waals surface area contributed by atoms with Gasteiger partial charge < -0.3 is 19.4 Å². The maximum absolute atomic E-state index is 12.8. The van der Waals surface area contributed by atoms with Gasteiger partial charge in [-0.05, 0) is 68.9 Å². The average molecular weight is 535 g/mol. The van der Waals surface area contributed by atoms with E-state index in [1.807, 2.05) is 26.1 Å². The van der Waals surface area contributed by atoms with Crippen LogP contribution in [0.5, 0.6) is 5.75 Å². The van der Waals surface area contributed by atoms with E-state index in [-0.39, 0.29) is 24.2 Å². The normalized spacial score (nSPS) is 12.8. The van der Waals surface area contributed by atoms with Crippen LogP contribution in [0.1, 0.15) is 52.0 Å². The minimum atomic E-state index is -0.372. The predicted molar refractivity (Wildman–Crippen MR) is 138 cm³/mol. The molecule has 0 atom stereocenters. The molecule has 186 valence electrons. The molecule has 2 aromatic heterocycles. The highest BCUT2D eigenvalue weighted by Gasteiger charge is 2.27. The van der Waals surface area contributed by atoms with Gasteiger partial charge in [-0.15, -0.1) is 21.5 Å². The molecular weight excluding hydrogens is 508 g/mol. The molecule has 0 radical (unpaired) electrons. The summed E-state index contributed by atoms with van der Waals surface area (Å²) in [5.41, 5.74) is 2.47. The molecule has 3 aromatic rings. The van der Waals surface area contributed by atoms with Crippen LogP contribution in [-0.2, 0) is 36.0 Å². The smallest absolute Gasteiger partial charge is 0.341 e. The Morgan fingerprint density at radius 2 is 2.06 bits per heavy atom. The third kappa shape index (κ3) is 5.99. The van der Waals surface area contributed by atoms with Crippen LogP contribution in [0.3, 0.4) is 0 Å². The molecule has 0 fully saturated rings. The van der Waals surface area contributed by atoms with Crippen molar-refractivity contribution in [3.8, 4) is 5.75 Å². The molecule has 1 aliphatic carbocycles. The van der Waals surface area contributed by atoms with Crippen LogP contribution >= 0.6 is 34.7 Å². The Labute approximate surface area is 217 Å². The Hall–Kier alpha value is -2.56. The van der Waals surface area contributed by atoms with Crippen molar-refractivity contribution in [1.29, 1.82) is 0 Å². The molecule has 11 heteroatoms. The number of thiophene rings is 1. The van der Waals surface area contributed by atoms with E-state index in [1.54, 1.807) is 17.6 Å². The Balaban J connectivity index is 1.38. The van der Waals surface area contributed by atoms with E-state index in [0.717, 1.165) is 47.4 Å². The molecule has 1 amide bonds. The number of hydrogen-bond acceptors (Lipinski definition) is 8. The SMILES string of the molecule is CCOC(=O)c1c(NC(=O)CSc2nnc(COc3ccc(Cl)cc3C)n2C)sc2c1CCCC2. The fourth-order valence-electron chi connectivity index (χ4n) is 3.88. The first-order valence-corrected chi connectivity index (χ1v) is 13.6. The van der Waals surface area contributed by atoms with Gasteiger partial charge in [-0.2, -0.15) is 0 Å². The van der Waals surface area contributed by atoms with Crippen LogP contribution in [0.15, 0.2) is 23.4 Å². The summed E-state index contributed by atoms with van der Waals surface area (Å²) in [5.74, 6) is 0.911. The second kappa shape index (κ2) is 11.5. The summed E-state index contributed by atoms with van der Waals surface area (Å²) in [7, 11) is 1.83. The lowest BCUT2D eigenvalue weighted by Crippen LogP contribution is -2.17. The molecule has 0 bridgehead atoms. The molecule has 35 heavy (non-hydrogen) atoms. The first-order chi connectivity index (χ1) is 16.9. The van der Waals surface area contributed by atoms with E-state index in [1.165, 1.54) is 23.1 Å². The number of rotatable bonds is 9. The Morgan fingerprint density at radius 3 is 2.83 bits per heavy atom. The van der Waals surface area contributed by atoms with Crippen molar-refractivity contribution < 1.29 is 19.1 Å². The standard InChI is InChI=1S/C24H27ClN4O4S2/c1-4-32-23(31)21-16-7-5-6-8-18(16)35-22(21)26-20(30)13-34-24-28-27-19(29(24)3)12-33-17-10-9-15(25)11-14(17)2/h9-11H,4-8,12-13H2,1-3H3,(H,26,30). The molecule has 0 saturated carbocycles. The molecular formula is C24H27ClN4O4S2. The fraction of sp³-hybridized carbons (Fsp3) is 0.417. The number of aromatic nitrogens is 3. The number of amides is 1. The zero-order valence-corrected chi connectivity index (χ0v) is 22.2. The number of carbonyl (C=O) groups is 2. The number of hydrogen-bond donors (Lipinski definition) is 1. The molecule has 0 saturated heterocycles. The number of benzene rings is 1. The number of nitrogens with zero attached hydrogens (tertiary/aromatic N) is 3. The third-order valence-electron chi connectivity index (χ3n) is 5.66. The largest absolute Gasteiger partial charge is 0.485 e. The van der Waals surface area contributed by atoms with Crippen molar-refractivity contribution >= 4 is 51.6 Å². The van der Waals surface area contributed by atoms with Crippen molar-refractivity contribution in [1.82, 2.24) is 14.8 Å². The summed E-state index contributed by atoms with van der Waals surface area (Å²) in [4.78, 5) is 26.5. The van der Waals surface area contributed by atoms with Crippen LogP contribution < -0.4 is 10.1 Å². The van der Waals surface area contributed by atoms with Gasteiger partial charge in [0.1, 0.15) is 17.4 Å². The quantitative estimate of drug-likeness (QED) is 0.297. The molecule has 4 rings (SSSR count). The molecule has 0 unspecified atom stereocenters. The minimum Gasteiger partial charge on any atom is -0.485 e. The second-order valence-corrected chi connectivity index (χ2v) is 10.6. The molecule has 0 aliphatic heterocycles. The van der Waals surface area contributed by atoms with Crippen molar-refractivity contribution in [2.75, 3.05) is 17.7 Å². The Bertz CT molecular complexity index is 1240. The first-order valence-electron chi connectivity index (χ1n) is 11.4. The van der Waals surface area contributed by atoms with Crippen LogP contribution in [-0.4, -0.2) is 39.0 Å². The number of aryl methyl sites for hydroxylation is 2. The Morgan fingerprint density at radius 1 is 1.26 bits per heavy atom. The maximum atomic E-state index is 12.8. The van der Waals surface area contributed by atoms with E-state index in [9.17, 15) is 9.59 Å². The predicted octanol–water partition coefficient (Wildman–Crippen LogP) is 5.20. The van der Waals surface area contributed by atoms with E-state index in [4.69, 9.17) is 21.1 Å². The van der Waals surface area contributed by atoms with E-state index < -0.39 is 0 Å². The summed E-state index contributed by atoms with van der Waals surface area (Å²) in [6.45, 7) is 4.24. The molecule has 2 heterocycles. The summed E-state index contributed by atoms with van der Waals surface area (Å²) in [6, 6.07) is 5.43. The van der Waals surface area contributed by atoms with E-state index >= 15 is 0 Å². The third-order valence-corrected chi connectivity index (χ3v) is 8.12. The molecule has 8 nitrogen and oxygen atoms in total. The van der Waals surface area contributed by atoms with Crippen molar-refractivity contribution in [3.63, 3.8) is 0 Å². The highest BCUT2D eigenvalue weighted by atomic mass is 35.5. The van der Waals surface area contributed by atoms with E-state index in [0.29, 0.717) is 33.2 Å². The summed E-state index contributed by atoms with van der Waals surface area (Å²) in [6.07, 6.45) is 3.89. The van der Waals surface area contributed by atoms with Gasteiger partial charge in [0.05, 0.1) is 17.9 Å². The van der Waals surface area contributed by atoms with Crippen LogP contribution in [0.4, 0.5) is 5.00 Å². The van der Waals surface area contributed by atoms with Gasteiger partial charge in [-0.3, -0.25) is 4.79 Å². The number of halogens is 1.